The fourth-order valence-corrected chi connectivity index (χ4v) is 4.58. The van der Waals surface area contributed by atoms with Crippen LogP contribution >= 0.6 is 24.8 Å². The second kappa shape index (κ2) is 7.84. The fourth-order valence-electron chi connectivity index (χ4n) is 3.88. The molecule has 0 aromatic heterocycles. The number of allylic oxidation sites excluding steroid dienone is 1. The van der Waals surface area contributed by atoms with Crippen LogP contribution in [-0.2, 0) is 10.2 Å². The standard InChI is InChI=1S/C22H25NO3S2/c1-13-8-9-16-15(11-13)22(2,3)17(12-14-20(27)19(26)21(14)28)23(16)10-6-4-5-7-18(24)25/h8-9,11-12,27H,4-7,10H2,1-3H3,(H,24,25). The van der Waals surface area contributed by atoms with E-state index in [4.69, 9.17) is 17.3 Å². The summed E-state index contributed by atoms with van der Waals surface area (Å²) in [6, 6.07) is 6.47. The van der Waals surface area contributed by atoms with E-state index in [0.717, 1.165) is 36.3 Å². The molecule has 0 fully saturated rings. The van der Waals surface area contributed by atoms with Crippen molar-refractivity contribution in [1.82, 2.24) is 0 Å². The average molecular weight is 416 g/mol. The van der Waals surface area contributed by atoms with Gasteiger partial charge < -0.3 is 10.0 Å². The molecule has 0 bridgehead atoms. The minimum absolute atomic E-state index is 0.158. The molecular weight excluding hydrogens is 390 g/mol. The van der Waals surface area contributed by atoms with E-state index in [1.807, 2.05) is 6.08 Å². The van der Waals surface area contributed by atoms with Crippen LogP contribution < -0.4 is 10.3 Å². The van der Waals surface area contributed by atoms with Gasteiger partial charge in [0.05, 0.1) is 9.41 Å². The molecule has 0 atom stereocenters. The summed E-state index contributed by atoms with van der Waals surface area (Å²) in [5.41, 5.74) is 5.08. The molecule has 1 aliphatic heterocycles. The third-order valence-corrected chi connectivity index (χ3v) is 6.37. The lowest BCUT2D eigenvalue weighted by Gasteiger charge is -2.28. The van der Waals surface area contributed by atoms with Gasteiger partial charge in [-0.05, 0) is 37.5 Å². The molecule has 1 heterocycles. The smallest absolute Gasteiger partial charge is 0.303 e. The molecule has 2 aromatic rings. The zero-order valence-electron chi connectivity index (χ0n) is 16.4. The van der Waals surface area contributed by atoms with Crippen LogP contribution in [-0.4, -0.2) is 17.6 Å². The van der Waals surface area contributed by atoms with E-state index in [1.165, 1.54) is 11.1 Å². The first-order chi connectivity index (χ1) is 13.1. The maximum absolute atomic E-state index is 11.8. The van der Waals surface area contributed by atoms with Gasteiger partial charge >= 0.3 is 5.97 Å². The number of hydrogen-bond donors (Lipinski definition) is 2. The maximum atomic E-state index is 11.8. The molecule has 0 spiro atoms. The zero-order chi connectivity index (χ0) is 20.6. The van der Waals surface area contributed by atoms with Gasteiger partial charge in [0.15, 0.2) is 0 Å². The highest BCUT2D eigenvalue weighted by atomic mass is 32.1. The van der Waals surface area contributed by atoms with Gasteiger partial charge in [0.2, 0.25) is 5.43 Å². The molecule has 0 saturated carbocycles. The number of anilines is 1. The number of carboxylic acids is 1. The van der Waals surface area contributed by atoms with Crippen molar-refractivity contribution in [3.05, 3.63) is 55.3 Å². The number of aryl methyl sites for hydroxylation is 1. The number of hydrogen-bond acceptors (Lipinski definition) is 5. The van der Waals surface area contributed by atoms with Crippen LogP contribution in [0, 0.1) is 11.4 Å². The fraction of sp³-hybridized carbons (Fsp3) is 0.409. The van der Waals surface area contributed by atoms with Gasteiger partial charge in [0.1, 0.15) is 0 Å². The topological polar surface area (TPSA) is 57.6 Å². The van der Waals surface area contributed by atoms with Gasteiger partial charge in [-0.2, -0.15) is 0 Å². The Morgan fingerprint density at radius 3 is 2.64 bits per heavy atom. The highest BCUT2D eigenvalue weighted by Gasteiger charge is 2.40. The van der Waals surface area contributed by atoms with E-state index in [1.54, 1.807) is 0 Å². The lowest BCUT2D eigenvalue weighted by molar-refractivity contribution is -0.137. The summed E-state index contributed by atoms with van der Waals surface area (Å²) in [6.45, 7) is 7.25. The highest BCUT2D eigenvalue weighted by Crippen LogP contribution is 2.49. The Balaban J connectivity index is 1.94. The Kier molecular flexibility index (Phi) is 5.82. The Bertz CT molecular complexity index is 1030. The number of fused-ring (bicyclic) bond motifs is 1. The van der Waals surface area contributed by atoms with E-state index in [2.05, 4.69) is 56.5 Å². The van der Waals surface area contributed by atoms with E-state index < -0.39 is 5.97 Å². The van der Waals surface area contributed by atoms with Crippen LogP contribution in [0.2, 0.25) is 0 Å². The molecule has 0 unspecified atom stereocenters. The van der Waals surface area contributed by atoms with E-state index >= 15 is 0 Å². The number of carboxylic acid groups (broad SMARTS) is 1. The predicted octanol–water partition coefficient (Wildman–Crippen LogP) is 5.03. The van der Waals surface area contributed by atoms with Crippen LogP contribution in [0.5, 0.6) is 0 Å². The number of rotatable bonds is 7. The molecule has 0 amide bonds. The van der Waals surface area contributed by atoms with Crippen LogP contribution in [0.25, 0.3) is 6.08 Å². The minimum Gasteiger partial charge on any atom is -0.481 e. The van der Waals surface area contributed by atoms with Gasteiger partial charge in [-0.15, -0.1) is 12.6 Å². The van der Waals surface area contributed by atoms with Gasteiger partial charge in [-0.3, -0.25) is 9.59 Å². The first-order valence-corrected chi connectivity index (χ1v) is 10.3. The number of nitrogens with zero attached hydrogens (tertiary/aromatic N) is 1. The van der Waals surface area contributed by atoms with Crippen molar-refractivity contribution in [2.75, 3.05) is 11.4 Å². The Morgan fingerprint density at radius 2 is 2.00 bits per heavy atom. The highest BCUT2D eigenvalue weighted by molar-refractivity contribution is 7.80. The van der Waals surface area contributed by atoms with Crippen LogP contribution in [0.15, 0.2) is 33.6 Å². The SMILES string of the molecule is Cc1ccc2c(c1)C(C)(C)C(=Cc1c(S)c(=O)c1=S)N2CCCCCC(=O)O. The van der Waals surface area contributed by atoms with E-state index in [0.29, 0.717) is 15.8 Å². The summed E-state index contributed by atoms with van der Waals surface area (Å²) in [5.74, 6) is -0.750. The Labute approximate surface area is 176 Å². The van der Waals surface area contributed by atoms with Gasteiger partial charge in [0, 0.05) is 35.3 Å². The number of unbranched alkanes of at least 4 members (excludes halogenated alkanes) is 2. The minimum atomic E-state index is -0.750. The summed E-state index contributed by atoms with van der Waals surface area (Å²) in [7, 11) is 0. The van der Waals surface area contributed by atoms with Crippen LogP contribution in [0.4, 0.5) is 5.69 Å². The number of thiol groups is 1. The summed E-state index contributed by atoms with van der Waals surface area (Å²) in [4.78, 5) is 25.2. The lowest BCUT2D eigenvalue weighted by Crippen LogP contribution is -2.27. The van der Waals surface area contributed by atoms with E-state index in [9.17, 15) is 9.59 Å². The summed E-state index contributed by atoms with van der Waals surface area (Å²) in [5, 5.41) is 8.82. The van der Waals surface area contributed by atoms with Crippen LogP contribution in [0.1, 0.15) is 56.2 Å². The lowest BCUT2D eigenvalue weighted by atomic mass is 9.82. The first kappa shape index (κ1) is 20.8. The summed E-state index contributed by atoms with van der Waals surface area (Å²) in [6.07, 6.45) is 4.64. The van der Waals surface area contributed by atoms with Crippen molar-refractivity contribution in [3.63, 3.8) is 0 Å². The molecule has 3 rings (SSSR count). The molecule has 148 valence electrons. The van der Waals surface area contributed by atoms with Crippen molar-refractivity contribution in [2.45, 2.75) is 56.8 Å². The molecule has 28 heavy (non-hydrogen) atoms. The Hall–Kier alpha value is -1.92. The molecule has 4 nitrogen and oxygen atoms in total. The number of carbonyl (C=O) groups is 1. The largest absolute Gasteiger partial charge is 0.481 e. The molecule has 2 aromatic carbocycles. The molecular formula is C22H25NO3S2. The second-order valence-electron chi connectivity index (χ2n) is 7.95. The third kappa shape index (κ3) is 3.67. The van der Waals surface area contributed by atoms with Crippen molar-refractivity contribution in [1.29, 1.82) is 0 Å². The number of benzene rings is 1. The second-order valence-corrected chi connectivity index (χ2v) is 8.81. The van der Waals surface area contributed by atoms with Gasteiger partial charge in [-0.1, -0.05) is 50.2 Å². The van der Waals surface area contributed by atoms with Gasteiger partial charge in [-0.25, -0.2) is 0 Å². The van der Waals surface area contributed by atoms with E-state index in [-0.39, 0.29) is 17.3 Å². The average Bonchev–Trinajstić information content (AvgIpc) is 2.84. The number of aliphatic carboxylic acids is 1. The predicted molar refractivity (Wildman–Crippen MR) is 119 cm³/mol. The quantitative estimate of drug-likeness (QED) is 0.377. The summed E-state index contributed by atoms with van der Waals surface area (Å²) < 4.78 is 0.349. The van der Waals surface area contributed by atoms with Crippen molar-refractivity contribution < 1.29 is 9.90 Å². The normalized spacial score (nSPS) is 16.7. The first-order valence-electron chi connectivity index (χ1n) is 9.49. The van der Waals surface area contributed by atoms with Crippen molar-refractivity contribution in [3.8, 4) is 0 Å². The third-order valence-electron chi connectivity index (χ3n) is 5.52. The molecule has 0 aliphatic carbocycles. The van der Waals surface area contributed by atoms with Crippen LogP contribution in [0.3, 0.4) is 0 Å². The summed E-state index contributed by atoms with van der Waals surface area (Å²) >= 11 is 9.54. The monoisotopic (exact) mass is 415 g/mol. The molecule has 0 radical (unpaired) electrons. The Morgan fingerprint density at radius 1 is 1.29 bits per heavy atom. The molecule has 6 heteroatoms. The van der Waals surface area contributed by atoms with Gasteiger partial charge in [0.25, 0.3) is 0 Å². The van der Waals surface area contributed by atoms with Crippen molar-refractivity contribution >= 4 is 42.6 Å². The van der Waals surface area contributed by atoms with Crippen molar-refractivity contribution in [2.24, 2.45) is 0 Å². The maximum Gasteiger partial charge on any atom is 0.303 e. The molecule has 1 aliphatic rings. The molecule has 0 saturated heterocycles. The molecule has 1 N–H and O–H groups in total. The zero-order valence-corrected chi connectivity index (χ0v) is 18.1.